The molecule has 0 aliphatic rings. The second kappa shape index (κ2) is 6.39. The van der Waals surface area contributed by atoms with E-state index in [2.05, 4.69) is 13.8 Å². The van der Waals surface area contributed by atoms with Crippen LogP contribution in [0, 0.1) is 5.92 Å². The zero-order chi connectivity index (χ0) is 13.9. The number of hydrogen-bond donors (Lipinski definition) is 1. The molecule has 0 amide bonds. The SMILES string of the molecule is COc1c(CC(C)C(N)=S)cc(Cl)cc1C(C)C. The Labute approximate surface area is 119 Å². The van der Waals surface area contributed by atoms with Gasteiger partial charge in [-0.05, 0) is 35.6 Å². The standard InChI is InChI=1S/C14H20ClNOS/c1-8(2)12-7-11(15)6-10(13(12)17-4)5-9(3)14(16)18/h6-9H,5H2,1-4H3,(H2,16,18). The van der Waals surface area contributed by atoms with Crippen LogP contribution in [0.4, 0.5) is 0 Å². The van der Waals surface area contributed by atoms with E-state index in [-0.39, 0.29) is 5.92 Å². The highest BCUT2D eigenvalue weighted by Gasteiger charge is 2.16. The van der Waals surface area contributed by atoms with Crippen LogP contribution in [0.15, 0.2) is 12.1 Å². The van der Waals surface area contributed by atoms with Gasteiger partial charge in [0.25, 0.3) is 0 Å². The minimum atomic E-state index is 0.132. The Morgan fingerprint density at radius 3 is 2.44 bits per heavy atom. The highest BCUT2D eigenvalue weighted by molar-refractivity contribution is 7.80. The molecule has 18 heavy (non-hydrogen) atoms. The first-order valence-electron chi connectivity index (χ1n) is 6.02. The molecule has 0 aromatic heterocycles. The van der Waals surface area contributed by atoms with Crippen molar-refractivity contribution in [2.24, 2.45) is 11.7 Å². The van der Waals surface area contributed by atoms with Crippen molar-refractivity contribution in [3.63, 3.8) is 0 Å². The number of hydrogen-bond acceptors (Lipinski definition) is 2. The summed E-state index contributed by atoms with van der Waals surface area (Å²) in [5.74, 6) is 1.39. The smallest absolute Gasteiger partial charge is 0.125 e. The highest BCUT2D eigenvalue weighted by atomic mass is 35.5. The maximum Gasteiger partial charge on any atom is 0.125 e. The molecule has 2 nitrogen and oxygen atoms in total. The van der Waals surface area contributed by atoms with Crippen molar-refractivity contribution >= 4 is 28.8 Å². The Morgan fingerprint density at radius 1 is 1.39 bits per heavy atom. The number of nitrogens with two attached hydrogens (primary N) is 1. The predicted octanol–water partition coefficient (Wildman–Crippen LogP) is 3.94. The predicted molar refractivity (Wildman–Crippen MR) is 81.7 cm³/mol. The Kier molecular flexibility index (Phi) is 5.42. The van der Waals surface area contributed by atoms with Gasteiger partial charge in [-0.15, -0.1) is 0 Å². The van der Waals surface area contributed by atoms with Crippen molar-refractivity contribution in [3.05, 3.63) is 28.3 Å². The van der Waals surface area contributed by atoms with Crippen LogP contribution in [0.1, 0.15) is 37.8 Å². The molecule has 1 unspecified atom stereocenters. The topological polar surface area (TPSA) is 35.2 Å². The lowest BCUT2D eigenvalue weighted by Gasteiger charge is -2.18. The number of ether oxygens (including phenoxy) is 1. The molecule has 4 heteroatoms. The fraction of sp³-hybridized carbons (Fsp3) is 0.500. The molecule has 0 heterocycles. The van der Waals surface area contributed by atoms with Gasteiger partial charge in [-0.1, -0.05) is 44.6 Å². The number of halogens is 1. The van der Waals surface area contributed by atoms with E-state index in [0.29, 0.717) is 10.9 Å². The van der Waals surface area contributed by atoms with Gasteiger partial charge in [0, 0.05) is 10.9 Å². The first-order chi connectivity index (χ1) is 8.36. The monoisotopic (exact) mass is 285 g/mol. The van der Waals surface area contributed by atoms with Gasteiger partial charge in [0.05, 0.1) is 12.1 Å². The molecular formula is C14H20ClNOS. The van der Waals surface area contributed by atoms with Crippen LogP contribution in [0.3, 0.4) is 0 Å². The van der Waals surface area contributed by atoms with Gasteiger partial charge in [-0.3, -0.25) is 0 Å². The second-order valence-electron chi connectivity index (χ2n) is 4.85. The van der Waals surface area contributed by atoms with E-state index in [9.17, 15) is 0 Å². The first kappa shape index (κ1) is 15.3. The van der Waals surface area contributed by atoms with Crippen LogP contribution in [-0.2, 0) is 6.42 Å². The average Bonchev–Trinajstić information content (AvgIpc) is 2.27. The van der Waals surface area contributed by atoms with E-state index in [1.165, 1.54) is 0 Å². The molecule has 0 bridgehead atoms. The summed E-state index contributed by atoms with van der Waals surface area (Å²) in [4.78, 5) is 0.517. The Morgan fingerprint density at radius 2 is 2.00 bits per heavy atom. The van der Waals surface area contributed by atoms with Gasteiger partial charge in [-0.2, -0.15) is 0 Å². The molecule has 0 saturated carbocycles. The van der Waals surface area contributed by atoms with Crippen LogP contribution in [0.5, 0.6) is 5.75 Å². The molecule has 1 atom stereocenters. The normalized spacial score (nSPS) is 12.6. The van der Waals surface area contributed by atoms with Gasteiger partial charge in [0.15, 0.2) is 0 Å². The zero-order valence-electron chi connectivity index (χ0n) is 11.3. The van der Waals surface area contributed by atoms with E-state index in [1.807, 2.05) is 19.1 Å². The number of methoxy groups -OCH3 is 1. The van der Waals surface area contributed by atoms with Crippen LogP contribution >= 0.6 is 23.8 Å². The van der Waals surface area contributed by atoms with Crippen LogP contribution in [0.2, 0.25) is 5.02 Å². The molecule has 0 radical (unpaired) electrons. The number of rotatable bonds is 5. The third-order valence-electron chi connectivity index (χ3n) is 3.00. The van der Waals surface area contributed by atoms with E-state index >= 15 is 0 Å². The average molecular weight is 286 g/mol. The minimum absolute atomic E-state index is 0.132. The molecule has 100 valence electrons. The number of benzene rings is 1. The van der Waals surface area contributed by atoms with Crippen molar-refractivity contribution in [2.75, 3.05) is 7.11 Å². The summed E-state index contributed by atoms with van der Waals surface area (Å²) in [7, 11) is 1.68. The summed E-state index contributed by atoms with van der Waals surface area (Å²) >= 11 is 11.2. The fourth-order valence-corrected chi connectivity index (χ4v) is 2.27. The molecule has 0 aliphatic heterocycles. The molecular weight excluding hydrogens is 266 g/mol. The lowest BCUT2D eigenvalue weighted by molar-refractivity contribution is 0.401. The number of thiocarbonyl (C=S) groups is 1. The van der Waals surface area contributed by atoms with Gasteiger partial charge in [0.2, 0.25) is 0 Å². The lowest BCUT2D eigenvalue weighted by Crippen LogP contribution is -2.20. The lowest BCUT2D eigenvalue weighted by atomic mass is 9.94. The van der Waals surface area contributed by atoms with Crippen molar-refractivity contribution < 1.29 is 4.74 Å². The summed E-state index contributed by atoms with van der Waals surface area (Å²) in [5, 5.41) is 0.727. The van der Waals surface area contributed by atoms with Crippen molar-refractivity contribution in [2.45, 2.75) is 33.1 Å². The molecule has 1 aromatic rings. The first-order valence-corrected chi connectivity index (χ1v) is 6.81. The van der Waals surface area contributed by atoms with Gasteiger partial charge in [0.1, 0.15) is 5.75 Å². The molecule has 1 aromatic carbocycles. The van der Waals surface area contributed by atoms with Crippen LogP contribution in [0.25, 0.3) is 0 Å². The van der Waals surface area contributed by atoms with Gasteiger partial charge < -0.3 is 10.5 Å². The Balaban J connectivity index is 3.21. The third kappa shape index (κ3) is 3.59. The quantitative estimate of drug-likeness (QED) is 0.833. The largest absolute Gasteiger partial charge is 0.496 e. The second-order valence-corrected chi connectivity index (χ2v) is 5.76. The maximum absolute atomic E-state index is 6.17. The Bertz CT molecular complexity index is 446. The van der Waals surface area contributed by atoms with Gasteiger partial charge >= 0.3 is 0 Å². The molecule has 0 saturated heterocycles. The zero-order valence-corrected chi connectivity index (χ0v) is 12.9. The van der Waals surface area contributed by atoms with Crippen molar-refractivity contribution in [1.82, 2.24) is 0 Å². The summed E-state index contributed by atoms with van der Waals surface area (Å²) in [5.41, 5.74) is 7.85. The molecule has 1 rings (SSSR count). The highest BCUT2D eigenvalue weighted by Crippen LogP contribution is 2.34. The summed E-state index contributed by atoms with van der Waals surface area (Å²) in [6.45, 7) is 6.25. The van der Waals surface area contributed by atoms with E-state index in [4.69, 9.17) is 34.3 Å². The summed E-state index contributed by atoms with van der Waals surface area (Å²) in [6, 6.07) is 3.89. The minimum Gasteiger partial charge on any atom is -0.496 e. The van der Waals surface area contributed by atoms with E-state index < -0.39 is 0 Å². The van der Waals surface area contributed by atoms with Gasteiger partial charge in [-0.25, -0.2) is 0 Å². The van der Waals surface area contributed by atoms with Crippen LogP contribution in [-0.4, -0.2) is 12.1 Å². The van der Waals surface area contributed by atoms with Crippen LogP contribution < -0.4 is 10.5 Å². The maximum atomic E-state index is 6.17. The van der Waals surface area contributed by atoms with E-state index in [1.54, 1.807) is 7.11 Å². The fourth-order valence-electron chi connectivity index (χ4n) is 1.93. The molecule has 0 fully saturated rings. The van der Waals surface area contributed by atoms with E-state index in [0.717, 1.165) is 28.3 Å². The molecule has 2 N–H and O–H groups in total. The third-order valence-corrected chi connectivity index (χ3v) is 3.62. The summed E-state index contributed by atoms with van der Waals surface area (Å²) < 4.78 is 5.53. The molecule has 0 spiro atoms. The summed E-state index contributed by atoms with van der Waals surface area (Å²) in [6.07, 6.45) is 0.749. The van der Waals surface area contributed by atoms with Crippen molar-refractivity contribution in [3.8, 4) is 5.75 Å². The molecule has 0 aliphatic carbocycles. The van der Waals surface area contributed by atoms with Crippen molar-refractivity contribution in [1.29, 1.82) is 0 Å². The Hall–Kier alpha value is -0.800.